The molecule has 0 unspecified atom stereocenters. The van der Waals surface area contributed by atoms with E-state index in [9.17, 15) is 9.82 Å². The Morgan fingerprint density at radius 3 is 2.96 bits per heavy atom. The second-order valence-corrected chi connectivity index (χ2v) is 7.06. The quantitative estimate of drug-likeness (QED) is 0.676. The summed E-state index contributed by atoms with van der Waals surface area (Å²) < 4.78 is 5.30. The molecule has 6 heteroatoms. The first-order valence-electron chi connectivity index (χ1n) is 9.05. The van der Waals surface area contributed by atoms with Crippen molar-refractivity contribution in [1.29, 1.82) is 0 Å². The molecule has 3 aromatic rings. The molecule has 27 heavy (non-hydrogen) atoms. The summed E-state index contributed by atoms with van der Waals surface area (Å²) in [5, 5.41) is 12.0. The van der Waals surface area contributed by atoms with Crippen molar-refractivity contribution in [3.63, 3.8) is 0 Å². The van der Waals surface area contributed by atoms with Gasteiger partial charge in [-0.2, -0.15) is 0 Å². The van der Waals surface area contributed by atoms with Gasteiger partial charge < -0.3 is 15.4 Å². The summed E-state index contributed by atoms with van der Waals surface area (Å²) in [4.78, 5) is 17.1. The fourth-order valence-electron chi connectivity index (χ4n) is 3.85. The Hall–Kier alpha value is -2.54. The molecule has 0 saturated heterocycles. The summed E-state index contributed by atoms with van der Waals surface area (Å²) in [7, 11) is -0.881. The van der Waals surface area contributed by atoms with E-state index in [0.29, 0.717) is 13.0 Å². The summed E-state index contributed by atoms with van der Waals surface area (Å²) in [5.41, 5.74) is 10.5. The minimum atomic E-state index is -0.881. The molecule has 5 nitrogen and oxygen atoms in total. The number of nitrogens with zero attached hydrogens (tertiary/aromatic N) is 1. The zero-order chi connectivity index (χ0) is 19.0. The van der Waals surface area contributed by atoms with Crippen molar-refractivity contribution in [3.8, 4) is 0 Å². The van der Waals surface area contributed by atoms with Crippen LogP contribution in [0.1, 0.15) is 28.2 Å². The van der Waals surface area contributed by atoms with E-state index >= 15 is 0 Å². The second kappa shape index (κ2) is 7.23. The van der Waals surface area contributed by atoms with Crippen LogP contribution in [0.3, 0.4) is 0 Å². The molecular formula is C21H21BN2O3. The number of pyridine rings is 1. The van der Waals surface area contributed by atoms with E-state index in [1.165, 1.54) is 0 Å². The molecule has 0 aliphatic carbocycles. The first-order chi connectivity index (χ1) is 13.1. The highest BCUT2D eigenvalue weighted by Gasteiger charge is 2.31. The first-order valence-corrected chi connectivity index (χ1v) is 9.05. The third-order valence-corrected chi connectivity index (χ3v) is 5.25. The minimum absolute atomic E-state index is 0.0877. The molecule has 0 fully saturated rings. The van der Waals surface area contributed by atoms with Crippen molar-refractivity contribution in [3.05, 3.63) is 71.0 Å². The molecule has 2 aromatic carbocycles. The van der Waals surface area contributed by atoms with Gasteiger partial charge in [0.2, 0.25) is 0 Å². The minimum Gasteiger partial charge on any atom is -0.423 e. The number of rotatable bonds is 5. The van der Waals surface area contributed by atoms with Crippen LogP contribution in [0.5, 0.6) is 0 Å². The monoisotopic (exact) mass is 360 g/mol. The van der Waals surface area contributed by atoms with Crippen LogP contribution in [0.15, 0.2) is 48.8 Å². The van der Waals surface area contributed by atoms with Gasteiger partial charge in [-0.3, -0.25) is 9.78 Å². The van der Waals surface area contributed by atoms with E-state index in [1.54, 1.807) is 6.20 Å². The predicted octanol–water partition coefficient (Wildman–Crippen LogP) is 1.62. The van der Waals surface area contributed by atoms with Crippen molar-refractivity contribution in [2.24, 2.45) is 5.73 Å². The molecule has 4 rings (SSSR count). The summed E-state index contributed by atoms with van der Waals surface area (Å²) in [6.07, 6.45) is 3.89. The van der Waals surface area contributed by atoms with Crippen LogP contribution >= 0.6 is 0 Å². The molecule has 0 radical (unpaired) electrons. The van der Waals surface area contributed by atoms with Crippen molar-refractivity contribution < 1.29 is 14.5 Å². The largest absolute Gasteiger partial charge is 0.492 e. The number of ketones is 1. The predicted molar refractivity (Wildman–Crippen MR) is 106 cm³/mol. The number of aryl methyl sites for hydroxylation is 1. The van der Waals surface area contributed by atoms with E-state index in [2.05, 4.69) is 4.98 Å². The molecule has 136 valence electrons. The summed E-state index contributed by atoms with van der Waals surface area (Å²) in [6, 6.07) is 11.8. The lowest BCUT2D eigenvalue weighted by molar-refractivity contribution is -0.119. The Kier molecular flexibility index (Phi) is 4.78. The molecule has 0 spiro atoms. The molecule has 1 aromatic heterocycles. The third-order valence-electron chi connectivity index (χ3n) is 5.25. The standard InChI is InChI=1S/C21H21BN2O3/c1-13-6-17(9-18-12-27-22(26)21(13)18)19(10-23)20(25)8-14-2-3-16-11-24-5-4-15(16)7-14/h2-7,9,11,19,26H,8,10,12,23H2,1H3/t19-/m1/s1. The van der Waals surface area contributed by atoms with Gasteiger partial charge in [0, 0.05) is 30.7 Å². The summed E-state index contributed by atoms with van der Waals surface area (Å²) >= 11 is 0. The molecule has 1 atom stereocenters. The number of carbonyl (C=O) groups is 1. The number of fused-ring (bicyclic) bond motifs is 2. The fraction of sp³-hybridized carbons (Fsp3) is 0.238. The second-order valence-electron chi connectivity index (χ2n) is 7.06. The number of aromatic nitrogens is 1. The van der Waals surface area contributed by atoms with E-state index in [4.69, 9.17) is 10.4 Å². The van der Waals surface area contributed by atoms with E-state index < -0.39 is 7.12 Å². The van der Waals surface area contributed by atoms with Crippen molar-refractivity contribution >= 4 is 29.1 Å². The van der Waals surface area contributed by atoms with Gasteiger partial charge in [0.15, 0.2) is 0 Å². The maximum Gasteiger partial charge on any atom is 0.492 e. The Morgan fingerprint density at radius 2 is 2.15 bits per heavy atom. The van der Waals surface area contributed by atoms with E-state index in [1.807, 2.05) is 49.5 Å². The smallest absolute Gasteiger partial charge is 0.423 e. The van der Waals surface area contributed by atoms with Crippen molar-refractivity contribution in [2.75, 3.05) is 6.54 Å². The highest BCUT2D eigenvalue weighted by molar-refractivity contribution is 6.62. The van der Waals surface area contributed by atoms with Gasteiger partial charge in [-0.05, 0) is 40.5 Å². The topological polar surface area (TPSA) is 85.4 Å². The van der Waals surface area contributed by atoms with Gasteiger partial charge in [0.1, 0.15) is 5.78 Å². The Labute approximate surface area is 158 Å². The molecule has 0 saturated carbocycles. The van der Waals surface area contributed by atoms with E-state index in [0.717, 1.165) is 38.5 Å². The van der Waals surface area contributed by atoms with Crippen LogP contribution in [-0.4, -0.2) is 29.5 Å². The van der Waals surface area contributed by atoms with Crippen molar-refractivity contribution in [2.45, 2.75) is 25.9 Å². The van der Waals surface area contributed by atoms with Crippen LogP contribution in [0.4, 0.5) is 0 Å². The number of benzene rings is 2. The van der Waals surface area contributed by atoms with E-state index in [-0.39, 0.29) is 18.2 Å². The number of carbonyl (C=O) groups excluding carboxylic acids is 1. The normalized spacial score (nSPS) is 14.4. The zero-order valence-corrected chi connectivity index (χ0v) is 15.2. The maximum absolute atomic E-state index is 13.0. The number of hydrogen-bond donors (Lipinski definition) is 2. The summed E-state index contributed by atoms with van der Waals surface area (Å²) in [5.74, 6) is -0.287. The lowest BCUT2D eigenvalue weighted by Crippen LogP contribution is -2.31. The lowest BCUT2D eigenvalue weighted by Gasteiger charge is -2.17. The van der Waals surface area contributed by atoms with Crippen LogP contribution in [0.25, 0.3) is 10.8 Å². The Bertz CT molecular complexity index is 1020. The Balaban J connectivity index is 1.60. The maximum atomic E-state index is 13.0. The highest BCUT2D eigenvalue weighted by atomic mass is 16.5. The Morgan fingerprint density at radius 1 is 1.30 bits per heavy atom. The fourth-order valence-corrected chi connectivity index (χ4v) is 3.85. The molecular weight excluding hydrogens is 339 g/mol. The number of Topliss-reactive ketones (excluding diaryl/α,β-unsaturated/α-hetero) is 1. The first kappa shape index (κ1) is 17.9. The SMILES string of the molecule is Cc1cc([C@@H](CN)C(=O)Cc2ccc3cnccc3c2)cc2c1B(O)OC2. The number of hydrogen-bond acceptors (Lipinski definition) is 5. The zero-order valence-electron chi connectivity index (χ0n) is 15.2. The molecule has 0 bridgehead atoms. The van der Waals surface area contributed by atoms with Gasteiger partial charge in [0.25, 0.3) is 0 Å². The van der Waals surface area contributed by atoms with Crippen LogP contribution in [0.2, 0.25) is 0 Å². The van der Waals surface area contributed by atoms with Gasteiger partial charge in [0.05, 0.1) is 12.5 Å². The molecule has 2 heterocycles. The highest BCUT2D eigenvalue weighted by Crippen LogP contribution is 2.24. The molecule has 3 N–H and O–H groups in total. The average Bonchev–Trinajstić information content (AvgIpc) is 3.03. The molecule has 1 aliphatic rings. The third kappa shape index (κ3) is 3.39. The van der Waals surface area contributed by atoms with Crippen LogP contribution in [0, 0.1) is 6.92 Å². The van der Waals surface area contributed by atoms with Gasteiger partial charge in [-0.15, -0.1) is 0 Å². The van der Waals surface area contributed by atoms with Crippen molar-refractivity contribution in [1.82, 2.24) is 4.98 Å². The average molecular weight is 360 g/mol. The van der Waals surface area contributed by atoms with Crippen LogP contribution in [-0.2, 0) is 22.5 Å². The van der Waals surface area contributed by atoms with Gasteiger partial charge in [-0.25, -0.2) is 0 Å². The summed E-state index contributed by atoms with van der Waals surface area (Å²) in [6.45, 7) is 2.53. The van der Waals surface area contributed by atoms with Gasteiger partial charge in [-0.1, -0.05) is 35.9 Å². The van der Waals surface area contributed by atoms with Gasteiger partial charge >= 0.3 is 7.12 Å². The molecule has 0 amide bonds. The number of nitrogens with two attached hydrogens (primary N) is 1. The lowest BCUT2D eigenvalue weighted by atomic mass is 9.75. The van der Waals surface area contributed by atoms with Crippen LogP contribution < -0.4 is 11.2 Å². The molecule has 1 aliphatic heterocycles.